The molecule has 75 valence electrons. The van der Waals surface area contributed by atoms with E-state index in [0.717, 1.165) is 5.69 Å². The summed E-state index contributed by atoms with van der Waals surface area (Å²) in [5.41, 5.74) is 0.880. The number of ether oxygens (including phenoxy) is 2. The van der Waals surface area contributed by atoms with E-state index >= 15 is 0 Å². The van der Waals surface area contributed by atoms with Crippen LogP contribution in [0.15, 0.2) is 24.4 Å². The quantitative estimate of drug-likeness (QED) is 0.548. The van der Waals surface area contributed by atoms with Crippen molar-refractivity contribution in [2.24, 2.45) is 0 Å². The third-order valence-electron chi connectivity index (χ3n) is 2.10. The van der Waals surface area contributed by atoms with Crippen molar-refractivity contribution in [3.63, 3.8) is 0 Å². The van der Waals surface area contributed by atoms with Crippen molar-refractivity contribution >= 4 is 10.2 Å². The fourth-order valence-corrected chi connectivity index (χ4v) is 1.74. The fraction of sp³-hybridized carbons (Fsp3) is 0.500. The molecule has 1 rings (SSSR count). The maximum absolute atomic E-state index is 5.21. The van der Waals surface area contributed by atoms with Gasteiger partial charge in [-0.1, -0.05) is 13.0 Å². The monoisotopic (exact) mass is 208 g/mol. The van der Waals surface area contributed by atoms with E-state index in [9.17, 15) is 0 Å². The van der Waals surface area contributed by atoms with E-state index in [4.69, 9.17) is 9.47 Å². The number of pyridine rings is 1. The third kappa shape index (κ3) is 2.20. The number of hydrogen-bond donors (Lipinski definition) is 0. The van der Waals surface area contributed by atoms with E-state index in [1.54, 1.807) is 20.4 Å². The molecule has 0 N–H and O–H groups in total. The van der Waals surface area contributed by atoms with Crippen LogP contribution in [0.4, 0.5) is 0 Å². The van der Waals surface area contributed by atoms with Gasteiger partial charge in [-0.25, -0.2) is 0 Å². The molecule has 0 aliphatic rings. The second-order valence-electron chi connectivity index (χ2n) is 3.22. The summed E-state index contributed by atoms with van der Waals surface area (Å²) in [7, 11) is 6.83. The van der Waals surface area contributed by atoms with Gasteiger partial charge in [0.25, 0.3) is 0 Å². The van der Waals surface area contributed by atoms with Crippen LogP contribution in [0, 0.1) is 0 Å². The zero-order valence-electron chi connectivity index (χ0n) is 8.65. The predicted molar refractivity (Wildman–Crippen MR) is 55.1 cm³/mol. The average molecular weight is 208 g/mol. The normalized spacial score (nSPS) is 15.5. The lowest BCUT2D eigenvalue weighted by Crippen LogP contribution is -2.40. The summed E-state index contributed by atoms with van der Waals surface area (Å²) >= 11 is 0. The lowest BCUT2D eigenvalue weighted by atomic mass is 10.1. The SMILES string of the molecule is COC(OC)C(C)([Si])c1ccccn1. The summed E-state index contributed by atoms with van der Waals surface area (Å²) in [6, 6.07) is 5.74. The van der Waals surface area contributed by atoms with Crippen molar-refractivity contribution in [1.82, 2.24) is 4.98 Å². The van der Waals surface area contributed by atoms with Crippen LogP contribution in [0.2, 0.25) is 0 Å². The van der Waals surface area contributed by atoms with Crippen LogP contribution in [0.1, 0.15) is 12.6 Å². The third-order valence-corrected chi connectivity index (χ3v) is 2.59. The molecule has 1 heterocycles. The van der Waals surface area contributed by atoms with E-state index in [0.29, 0.717) is 0 Å². The van der Waals surface area contributed by atoms with Crippen molar-refractivity contribution in [3.8, 4) is 0 Å². The minimum absolute atomic E-state index is 0.367. The standard InChI is InChI=1S/C10H14NO2Si/c1-10(14,9(12-2)13-3)8-6-4-5-7-11-8/h4-7,9H,1-3H3. The Morgan fingerprint density at radius 2 is 2.00 bits per heavy atom. The molecule has 1 atom stereocenters. The Kier molecular flexibility index (Phi) is 3.80. The lowest BCUT2D eigenvalue weighted by Gasteiger charge is -2.31. The number of aromatic nitrogens is 1. The minimum atomic E-state index is -0.440. The van der Waals surface area contributed by atoms with Gasteiger partial charge in [-0.2, -0.15) is 0 Å². The van der Waals surface area contributed by atoms with Gasteiger partial charge < -0.3 is 9.47 Å². The van der Waals surface area contributed by atoms with Crippen LogP contribution < -0.4 is 0 Å². The van der Waals surface area contributed by atoms with Crippen molar-refractivity contribution in [1.29, 1.82) is 0 Å². The molecule has 3 radical (unpaired) electrons. The van der Waals surface area contributed by atoms with Gasteiger partial charge in [0, 0.05) is 41.4 Å². The van der Waals surface area contributed by atoms with E-state index in [1.807, 2.05) is 25.1 Å². The van der Waals surface area contributed by atoms with Crippen LogP contribution in [-0.4, -0.2) is 35.7 Å². The van der Waals surface area contributed by atoms with Gasteiger partial charge in [0.2, 0.25) is 0 Å². The molecular formula is C10H14NO2Si. The zero-order valence-corrected chi connectivity index (χ0v) is 9.65. The number of nitrogens with zero attached hydrogens (tertiary/aromatic N) is 1. The fourth-order valence-electron chi connectivity index (χ4n) is 1.36. The molecule has 1 aromatic rings. The summed E-state index contributed by atoms with van der Waals surface area (Å²) in [6.07, 6.45) is 1.38. The topological polar surface area (TPSA) is 31.4 Å². The maximum atomic E-state index is 5.21. The van der Waals surface area contributed by atoms with Crippen molar-refractivity contribution < 1.29 is 9.47 Å². The van der Waals surface area contributed by atoms with Crippen molar-refractivity contribution in [2.45, 2.75) is 18.3 Å². The van der Waals surface area contributed by atoms with Crippen molar-refractivity contribution in [3.05, 3.63) is 30.1 Å². The highest BCUT2D eigenvalue weighted by Gasteiger charge is 2.32. The Morgan fingerprint density at radius 3 is 2.43 bits per heavy atom. The molecule has 0 aliphatic carbocycles. The number of hydrogen-bond acceptors (Lipinski definition) is 3. The molecule has 0 saturated carbocycles. The van der Waals surface area contributed by atoms with Gasteiger partial charge in [0.05, 0.1) is 0 Å². The highest BCUT2D eigenvalue weighted by atomic mass is 28.1. The molecule has 0 saturated heterocycles. The Morgan fingerprint density at radius 1 is 1.36 bits per heavy atom. The van der Waals surface area contributed by atoms with Crippen LogP contribution >= 0.6 is 0 Å². The van der Waals surface area contributed by atoms with Gasteiger partial charge in [-0.15, -0.1) is 0 Å². The molecule has 0 aliphatic heterocycles. The second-order valence-corrected chi connectivity index (χ2v) is 4.26. The van der Waals surface area contributed by atoms with E-state index in [-0.39, 0.29) is 6.29 Å². The maximum Gasteiger partial charge on any atom is 0.164 e. The molecule has 1 aromatic heterocycles. The Hall–Kier alpha value is -0.713. The molecule has 0 fully saturated rings. The summed E-state index contributed by atoms with van der Waals surface area (Å²) < 4.78 is 10.4. The lowest BCUT2D eigenvalue weighted by molar-refractivity contribution is -0.126. The molecule has 1 unspecified atom stereocenters. The van der Waals surface area contributed by atoms with Crippen LogP contribution in [0.5, 0.6) is 0 Å². The van der Waals surface area contributed by atoms with Crippen LogP contribution in [0.25, 0.3) is 0 Å². The minimum Gasteiger partial charge on any atom is -0.355 e. The summed E-state index contributed by atoms with van der Waals surface area (Å²) in [5, 5.41) is -0.440. The first kappa shape index (κ1) is 11.4. The average Bonchev–Trinajstić information content (AvgIpc) is 2.20. The summed E-state index contributed by atoms with van der Waals surface area (Å²) in [5.74, 6) is 0. The van der Waals surface area contributed by atoms with Gasteiger partial charge >= 0.3 is 0 Å². The molecule has 0 aromatic carbocycles. The first-order chi connectivity index (χ1) is 6.62. The second kappa shape index (κ2) is 4.68. The van der Waals surface area contributed by atoms with Gasteiger partial charge in [0.15, 0.2) is 6.29 Å². The number of rotatable bonds is 4. The van der Waals surface area contributed by atoms with E-state index in [1.165, 1.54) is 0 Å². The molecule has 14 heavy (non-hydrogen) atoms. The van der Waals surface area contributed by atoms with Gasteiger partial charge in [-0.3, -0.25) is 4.98 Å². The van der Waals surface area contributed by atoms with E-state index in [2.05, 4.69) is 15.2 Å². The molecule has 3 nitrogen and oxygen atoms in total. The zero-order chi connectivity index (χ0) is 10.6. The first-order valence-corrected chi connectivity index (χ1v) is 4.85. The highest BCUT2D eigenvalue weighted by Crippen LogP contribution is 2.24. The van der Waals surface area contributed by atoms with Gasteiger partial charge in [0.1, 0.15) is 0 Å². The molecule has 4 heteroatoms. The Labute approximate surface area is 87.9 Å². The highest BCUT2D eigenvalue weighted by molar-refractivity contribution is 6.15. The number of methoxy groups -OCH3 is 2. The summed E-state index contributed by atoms with van der Waals surface area (Å²) in [6.45, 7) is 1.96. The molecular weight excluding hydrogens is 194 g/mol. The van der Waals surface area contributed by atoms with Crippen LogP contribution in [0.3, 0.4) is 0 Å². The van der Waals surface area contributed by atoms with Crippen LogP contribution in [-0.2, 0) is 14.5 Å². The van der Waals surface area contributed by atoms with E-state index < -0.39 is 5.04 Å². The summed E-state index contributed by atoms with van der Waals surface area (Å²) in [4.78, 5) is 4.26. The Balaban J connectivity index is 2.94. The molecule has 0 bridgehead atoms. The van der Waals surface area contributed by atoms with Gasteiger partial charge in [-0.05, 0) is 12.1 Å². The predicted octanol–water partition coefficient (Wildman–Crippen LogP) is 1.08. The smallest absolute Gasteiger partial charge is 0.164 e. The molecule has 0 spiro atoms. The first-order valence-electron chi connectivity index (χ1n) is 4.35. The molecule has 0 amide bonds. The largest absolute Gasteiger partial charge is 0.355 e. The van der Waals surface area contributed by atoms with Crippen molar-refractivity contribution in [2.75, 3.05) is 14.2 Å². The Bertz CT molecular complexity index is 273.